The molecule has 1 saturated carbocycles. The second-order valence-electron chi connectivity index (χ2n) is 9.57. The molecule has 2 aromatic rings. The van der Waals surface area contributed by atoms with Crippen molar-refractivity contribution in [3.05, 3.63) is 53.1 Å². The molecule has 2 aliphatic rings. The average Bonchev–Trinajstić information content (AvgIpc) is 3.33. The van der Waals surface area contributed by atoms with Crippen molar-refractivity contribution in [2.45, 2.75) is 49.3 Å². The minimum atomic E-state index is -4.08. The van der Waals surface area contributed by atoms with E-state index in [-0.39, 0.29) is 16.3 Å². The first kappa shape index (κ1) is 23.9. The summed E-state index contributed by atoms with van der Waals surface area (Å²) >= 11 is 0. The van der Waals surface area contributed by atoms with Gasteiger partial charge in [0.2, 0.25) is 10.0 Å². The molecule has 1 aliphatic heterocycles. The van der Waals surface area contributed by atoms with E-state index in [2.05, 4.69) is 17.4 Å². The highest BCUT2D eigenvalue weighted by Crippen LogP contribution is 2.36. The van der Waals surface area contributed by atoms with Gasteiger partial charge >= 0.3 is 0 Å². The number of nitrogens with two attached hydrogens (primary N) is 3. The molecule has 1 atom stereocenters. The Morgan fingerprint density at radius 1 is 1.00 bits per heavy atom. The van der Waals surface area contributed by atoms with Crippen LogP contribution in [-0.2, 0) is 16.4 Å². The number of hydrogen-bond acceptors (Lipinski definition) is 5. The largest absolute Gasteiger partial charge is 0.384 e. The second-order valence-corrected chi connectivity index (χ2v) is 11.1. The summed E-state index contributed by atoms with van der Waals surface area (Å²) in [5, 5.41) is 17.3. The van der Waals surface area contributed by atoms with Crippen molar-refractivity contribution in [3.8, 4) is 11.1 Å². The maximum Gasteiger partial charge on any atom is 0.239 e. The van der Waals surface area contributed by atoms with Gasteiger partial charge in [-0.05, 0) is 91.6 Å². The summed E-state index contributed by atoms with van der Waals surface area (Å²) < 4.78 is 25.5. The predicted molar refractivity (Wildman–Crippen MR) is 133 cm³/mol. The molecule has 0 spiro atoms. The van der Waals surface area contributed by atoms with E-state index in [0.717, 1.165) is 50.8 Å². The van der Waals surface area contributed by atoms with Gasteiger partial charge in [0.25, 0.3) is 0 Å². The Bertz CT molecular complexity index is 1100. The molecule has 178 valence electrons. The van der Waals surface area contributed by atoms with Crippen LogP contribution in [0.15, 0.2) is 41.3 Å². The highest BCUT2D eigenvalue weighted by atomic mass is 32.2. The zero-order valence-electron chi connectivity index (χ0n) is 19.0. The van der Waals surface area contributed by atoms with Crippen LogP contribution in [0.3, 0.4) is 0 Å². The Kier molecular flexibility index (Phi) is 7.19. The average molecular weight is 470 g/mol. The Labute approximate surface area is 196 Å². The number of benzene rings is 2. The minimum Gasteiger partial charge on any atom is -0.384 e. The van der Waals surface area contributed by atoms with Crippen LogP contribution in [0.1, 0.15) is 54.7 Å². The Morgan fingerprint density at radius 2 is 1.67 bits per heavy atom. The fourth-order valence-electron chi connectivity index (χ4n) is 5.48. The highest BCUT2D eigenvalue weighted by Gasteiger charge is 2.28. The molecule has 7 nitrogen and oxygen atoms in total. The molecule has 0 amide bonds. The van der Waals surface area contributed by atoms with Gasteiger partial charge in [-0.15, -0.1) is 0 Å². The lowest BCUT2D eigenvalue weighted by atomic mass is 9.79. The van der Waals surface area contributed by atoms with Gasteiger partial charge in [0.15, 0.2) is 0 Å². The monoisotopic (exact) mass is 469 g/mol. The molecule has 0 radical (unpaired) electrons. The first-order chi connectivity index (χ1) is 15.8. The van der Waals surface area contributed by atoms with E-state index in [1.807, 2.05) is 24.3 Å². The zero-order chi connectivity index (χ0) is 23.6. The van der Waals surface area contributed by atoms with E-state index in [9.17, 15) is 8.42 Å². The van der Waals surface area contributed by atoms with Crippen LogP contribution < -0.4 is 21.9 Å². The molecule has 2 aromatic carbocycles. The molecule has 1 saturated heterocycles. The van der Waals surface area contributed by atoms with Crippen LogP contribution in [0.5, 0.6) is 0 Å². The first-order valence-electron chi connectivity index (χ1n) is 11.8. The Morgan fingerprint density at radius 3 is 2.21 bits per heavy atom. The van der Waals surface area contributed by atoms with Crippen LogP contribution in [-0.4, -0.2) is 33.9 Å². The third-order valence-corrected chi connectivity index (χ3v) is 8.39. The lowest BCUT2D eigenvalue weighted by molar-refractivity contribution is 0.278. The van der Waals surface area contributed by atoms with E-state index < -0.39 is 10.0 Å². The van der Waals surface area contributed by atoms with Crippen LogP contribution >= 0.6 is 0 Å². The van der Waals surface area contributed by atoms with Crippen molar-refractivity contribution in [3.63, 3.8) is 0 Å². The summed E-state index contributed by atoms with van der Waals surface area (Å²) in [7, 11) is -4.08. The fourth-order valence-corrected chi connectivity index (χ4v) is 6.50. The summed E-state index contributed by atoms with van der Waals surface area (Å²) in [6.07, 6.45) is 5.87. The summed E-state index contributed by atoms with van der Waals surface area (Å²) in [5.41, 5.74) is 15.3. The van der Waals surface area contributed by atoms with Gasteiger partial charge in [-0.1, -0.05) is 36.4 Å². The SMILES string of the molecule is N=C(N)c1c(-c2ccc(C3CCNC3)cc2)ccc(CC2CCC(CN)CC2)c1S(N)(=O)=O. The lowest BCUT2D eigenvalue weighted by Gasteiger charge is -2.28. The molecule has 0 aromatic heterocycles. The smallest absolute Gasteiger partial charge is 0.239 e. The Hall–Kier alpha value is -2.26. The number of amidine groups is 1. The van der Waals surface area contributed by atoms with Crippen molar-refractivity contribution in [2.75, 3.05) is 19.6 Å². The maximum absolute atomic E-state index is 12.7. The summed E-state index contributed by atoms with van der Waals surface area (Å²) in [4.78, 5) is -0.00230. The van der Waals surface area contributed by atoms with E-state index in [1.54, 1.807) is 0 Å². The summed E-state index contributed by atoms with van der Waals surface area (Å²) in [5.74, 6) is 1.13. The number of rotatable bonds is 7. The van der Waals surface area contributed by atoms with Crippen LogP contribution in [0.2, 0.25) is 0 Å². The van der Waals surface area contributed by atoms with Crippen molar-refractivity contribution >= 4 is 15.9 Å². The van der Waals surface area contributed by atoms with Gasteiger partial charge in [-0.3, -0.25) is 5.41 Å². The molecule has 1 unspecified atom stereocenters. The quantitative estimate of drug-likeness (QED) is 0.312. The molecule has 8 heteroatoms. The van der Waals surface area contributed by atoms with E-state index in [1.165, 1.54) is 5.56 Å². The Balaban J connectivity index is 1.71. The zero-order valence-corrected chi connectivity index (χ0v) is 19.8. The topological polar surface area (TPSA) is 148 Å². The van der Waals surface area contributed by atoms with Crippen molar-refractivity contribution < 1.29 is 8.42 Å². The molecule has 33 heavy (non-hydrogen) atoms. The first-order valence-corrected chi connectivity index (χ1v) is 13.4. The minimum absolute atomic E-state index is 0.00230. The van der Waals surface area contributed by atoms with Gasteiger partial charge in [-0.2, -0.15) is 0 Å². The van der Waals surface area contributed by atoms with Gasteiger partial charge < -0.3 is 16.8 Å². The van der Waals surface area contributed by atoms with Gasteiger partial charge in [0.05, 0.1) is 4.90 Å². The number of nitrogens with one attached hydrogen (secondary N) is 2. The third kappa shape index (κ3) is 5.30. The lowest BCUT2D eigenvalue weighted by Crippen LogP contribution is -2.26. The summed E-state index contributed by atoms with van der Waals surface area (Å²) in [6, 6.07) is 11.9. The van der Waals surface area contributed by atoms with E-state index in [0.29, 0.717) is 41.8 Å². The number of hydrogen-bond donors (Lipinski definition) is 5. The van der Waals surface area contributed by atoms with Crippen LogP contribution in [0.25, 0.3) is 11.1 Å². The molecule has 1 heterocycles. The van der Waals surface area contributed by atoms with Gasteiger partial charge in [0, 0.05) is 12.1 Å². The summed E-state index contributed by atoms with van der Waals surface area (Å²) in [6.45, 7) is 2.69. The van der Waals surface area contributed by atoms with E-state index >= 15 is 0 Å². The third-order valence-electron chi connectivity index (χ3n) is 7.35. The fraction of sp³-hybridized carbons (Fsp3) is 0.480. The van der Waals surface area contributed by atoms with Crippen LogP contribution in [0.4, 0.5) is 0 Å². The van der Waals surface area contributed by atoms with Crippen molar-refractivity contribution in [1.29, 1.82) is 5.41 Å². The highest BCUT2D eigenvalue weighted by molar-refractivity contribution is 7.89. The molecule has 4 rings (SSSR count). The number of primary sulfonamides is 1. The maximum atomic E-state index is 12.7. The molecule has 0 bridgehead atoms. The molecular formula is C25H35N5O2S. The standard InChI is InChI=1S/C25H35N5O2S/c26-14-17-3-1-16(2-4-17)13-20-9-10-22(23(25(27)28)24(20)33(29,31)32)19-7-5-18(6-8-19)21-11-12-30-15-21/h5-10,16-17,21,30H,1-4,11-15,26H2,(H3,27,28)(H2,29,31,32). The molecule has 8 N–H and O–H groups in total. The molecule has 1 aliphatic carbocycles. The number of sulfonamides is 1. The van der Waals surface area contributed by atoms with Gasteiger partial charge in [-0.25, -0.2) is 13.6 Å². The van der Waals surface area contributed by atoms with Crippen molar-refractivity contribution in [2.24, 2.45) is 28.4 Å². The predicted octanol–water partition coefficient (Wildman–Crippen LogP) is 2.67. The number of nitrogen functional groups attached to an aromatic ring is 1. The molecular weight excluding hydrogens is 434 g/mol. The van der Waals surface area contributed by atoms with Crippen LogP contribution in [0, 0.1) is 17.2 Å². The normalized spacial score (nSPS) is 23.5. The second kappa shape index (κ2) is 9.93. The van der Waals surface area contributed by atoms with E-state index in [4.69, 9.17) is 22.0 Å². The van der Waals surface area contributed by atoms with Crippen molar-refractivity contribution in [1.82, 2.24) is 5.32 Å². The molecule has 2 fully saturated rings. The van der Waals surface area contributed by atoms with Gasteiger partial charge in [0.1, 0.15) is 5.84 Å².